The summed E-state index contributed by atoms with van der Waals surface area (Å²) in [5, 5.41) is 5.33. The van der Waals surface area contributed by atoms with Gasteiger partial charge in [-0.1, -0.05) is 18.9 Å². The average Bonchev–Trinajstić information content (AvgIpc) is 3.26. The fourth-order valence-corrected chi connectivity index (χ4v) is 4.50. The molecule has 122 valence electrons. The smallest absolute Gasteiger partial charge is 0.253 e. The van der Waals surface area contributed by atoms with E-state index in [-0.39, 0.29) is 11.9 Å². The number of thiophene rings is 1. The highest BCUT2D eigenvalue weighted by atomic mass is 79.9. The van der Waals surface area contributed by atoms with E-state index in [0.29, 0.717) is 17.2 Å². The number of ether oxygens (including phenoxy) is 1. The number of carbonyl (C=O) groups is 1. The molecule has 5 heteroatoms. The number of hydrogen-bond acceptors (Lipinski definition) is 3. The van der Waals surface area contributed by atoms with Crippen molar-refractivity contribution in [2.75, 3.05) is 7.11 Å². The highest BCUT2D eigenvalue weighted by molar-refractivity contribution is 9.10. The van der Waals surface area contributed by atoms with Crippen LogP contribution in [0.2, 0.25) is 0 Å². The average molecular weight is 394 g/mol. The Morgan fingerprint density at radius 3 is 2.78 bits per heavy atom. The van der Waals surface area contributed by atoms with Gasteiger partial charge in [0.25, 0.3) is 5.91 Å². The molecule has 1 aromatic heterocycles. The van der Waals surface area contributed by atoms with E-state index in [1.807, 2.05) is 12.1 Å². The van der Waals surface area contributed by atoms with Crippen LogP contribution in [0.1, 0.15) is 47.0 Å². The molecule has 1 aliphatic carbocycles. The monoisotopic (exact) mass is 393 g/mol. The molecule has 0 bridgehead atoms. The third-order valence-corrected chi connectivity index (χ3v) is 6.07. The molecule has 23 heavy (non-hydrogen) atoms. The summed E-state index contributed by atoms with van der Waals surface area (Å²) in [5.41, 5.74) is 0.615. The van der Waals surface area contributed by atoms with Crippen molar-refractivity contribution in [3.63, 3.8) is 0 Å². The number of rotatable bonds is 5. The third kappa shape index (κ3) is 3.78. The Hall–Kier alpha value is -1.33. The molecule has 2 aromatic rings. The Kier molecular flexibility index (Phi) is 5.38. The lowest BCUT2D eigenvalue weighted by Gasteiger charge is -2.24. The SMILES string of the molecule is COc1ccc(Br)c(C(=O)NC(c2cccs2)C2CCCC2)c1. The second-order valence-corrected chi connectivity index (χ2v) is 7.69. The summed E-state index contributed by atoms with van der Waals surface area (Å²) in [5.74, 6) is 1.16. The van der Waals surface area contributed by atoms with Gasteiger partial charge in [-0.2, -0.15) is 0 Å². The molecule has 1 aliphatic rings. The van der Waals surface area contributed by atoms with Gasteiger partial charge in [0.15, 0.2) is 0 Å². The van der Waals surface area contributed by atoms with E-state index in [0.717, 1.165) is 4.47 Å². The molecule has 0 aliphatic heterocycles. The van der Waals surface area contributed by atoms with E-state index in [1.54, 1.807) is 24.5 Å². The summed E-state index contributed by atoms with van der Waals surface area (Å²) in [6, 6.07) is 9.74. The Labute approximate surface area is 149 Å². The molecular weight excluding hydrogens is 374 g/mol. The molecule has 1 fully saturated rings. The summed E-state index contributed by atoms with van der Waals surface area (Å²) in [6.07, 6.45) is 4.88. The van der Waals surface area contributed by atoms with Gasteiger partial charge in [-0.3, -0.25) is 4.79 Å². The minimum Gasteiger partial charge on any atom is -0.497 e. The quantitative estimate of drug-likeness (QED) is 0.759. The van der Waals surface area contributed by atoms with Crippen LogP contribution in [0, 0.1) is 5.92 Å². The lowest BCUT2D eigenvalue weighted by atomic mass is 9.96. The van der Waals surface area contributed by atoms with Crippen LogP contribution in [0.25, 0.3) is 0 Å². The van der Waals surface area contributed by atoms with Gasteiger partial charge in [0.2, 0.25) is 0 Å². The van der Waals surface area contributed by atoms with Gasteiger partial charge in [-0.05, 0) is 64.3 Å². The minimum atomic E-state index is -0.0546. The summed E-state index contributed by atoms with van der Waals surface area (Å²) < 4.78 is 6.02. The second kappa shape index (κ2) is 7.49. The van der Waals surface area contributed by atoms with Gasteiger partial charge >= 0.3 is 0 Å². The van der Waals surface area contributed by atoms with E-state index in [2.05, 4.69) is 38.8 Å². The molecule has 0 spiro atoms. The Morgan fingerprint density at radius 1 is 1.35 bits per heavy atom. The maximum absolute atomic E-state index is 12.8. The van der Waals surface area contributed by atoms with Gasteiger partial charge in [0, 0.05) is 9.35 Å². The first kappa shape index (κ1) is 16.5. The topological polar surface area (TPSA) is 38.3 Å². The molecule has 0 saturated heterocycles. The van der Waals surface area contributed by atoms with Crippen molar-refractivity contribution in [3.8, 4) is 5.75 Å². The minimum absolute atomic E-state index is 0.0546. The first-order valence-corrected chi connectivity index (χ1v) is 9.54. The summed E-state index contributed by atoms with van der Waals surface area (Å²) in [7, 11) is 1.61. The van der Waals surface area contributed by atoms with Gasteiger partial charge < -0.3 is 10.1 Å². The highest BCUT2D eigenvalue weighted by Gasteiger charge is 2.29. The van der Waals surface area contributed by atoms with Crippen molar-refractivity contribution in [1.29, 1.82) is 0 Å². The van der Waals surface area contributed by atoms with Crippen LogP contribution in [0.3, 0.4) is 0 Å². The van der Waals surface area contributed by atoms with Crippen molar-refractivity contribution in [2.24, 2.45) is 5.92 Å². The maximum atomic E-state index is 12.8. The Bertz CT molecular complexity index is 666. The van der Waals surface area contributed by atoms with Crippen molar-refractivity contribution >= 4 is 33.2 Å². The lowest BCUT2D eigenvalue weighted by Crippen LogP contribution is -2.32. The van der Waals surface area contributed by atoms with Crippen LogP contribution in [0.15, 0.2) is 40.2 Å². The molecule has 1 saturated carbocycles. The molecule has 3 nitrogen and oxygen atoms in total. The van der Waals surface area contributed by atoms with Crippen LogP contribution in [0.4, 0.5) is 0 Å². The third-order valence-electron chi connectivity index (χ3n) is 4.43. The van der Waals surface area contributed by atoms with Crippen molar-refractivity contribution in [2.45, 2.75) is 31.7 Å². The highest BCUT2D eigenvalue weighted by Crippen LogP contribution is 2.37. The zero-order valence-corrected chi connectivity index (χ0v) is 15.5. The largest absolute Gasteiger partial charge is 0.497 e. The van der Waals surface area contributed by atoms with E-state index in [9.17, 15) is 4.79 Å². The van der Waals surface area contributed by atoms with Crippen molar-refractivity contribution < 1.29 is 9.53 Å². The predicted octanol–water partition coefficient (Wildman–Crippen LogP) is 5.18. The number of benzene rings is 1. The lowest BCUT2D eigenvalue weighted by molar-refractivity contribution is 0.0921. The maximum Gasteiger partial charge on any atom is 0.253 e. The number of carbonyl (C=O) groups excluding carboxylic acids is 1. The van der Waals surface area contributed by atoms with Crippen LogP contribution in [0.5, 0.6) is 5.75 Å². The zero-order valence-electron chi connectivity index (χ0n) is 13.0. The number of hydrogen-bond donors (Lipinski definition) is 1. The number of halogens is 1. The molecule has 1 heterocycles. The van der Waals surface area contributed by atoms with E-state index in [4.69, 9.17) is 4.74 Å². The normalized spacial score (nSPS) is 16.3. The molecule has 1 N–H and O–H groups in total. The summed E-state index contributed by atoms with van der Waals surface area (Å²) in [4.78, 5) is 14.0. The molecule has 1 amide bonds. The van der Waals surface area contributed by atoms with E-state index >= 15 is 0 Å². The van der Waals surface area contributed by atoms with Crippen LogP contribution < -0.4 is 10.1 Å². The van der Waals surface area contributed by atoms with Gasteiger partial charge in [-0.15, -0.1) is 11.3 Å². The number of methoxy groups -OCH3 is 1. The molecule has 3 rings (SSSR count). The van der Waals surface area contributed by atoms with Crippen molar-refractivity contribution in [1.82, 2.24) is 5.32 Å². The Morgan fingerprint density at radius 2 is 2.13 bits per heavy atom. The number of nitrogens with one attached hydrogen (secondary N) is 1. The predicted molar refractivity (Wildman–Crippen MR) is 97.2 cm³/mol. The first-order valence-electron chi connectivity index (χ1n) is 7.87. The summed E-state index contributed by atoms with van der Waals surface area (Å²) in [6.45, 7) is 0. The van der Waals surface area contributed by atoms with Crippen molar-refractivity contribution in [3.05, 3.63) is 50.6 Å². The fraction of sp³-hybridized carbons (Fsp3) is 0.389. The number of amides is 1. The Balaban J connectivity index is 1.83. The molecule has 1 aromatic carbocycles. The van der Waals surface area contributed by atoms with E-state index < -0.39 is 0 Å². The van der Waals surface area contributed by atoms with Crippen LogP contribution >= 0.6 is 27.3 Å². The van der Waals surface area contributed by atoms with Gasteiger partial charge in [0.05, 0.1) is 18.7 Å². The molecule has 0 radical (unpaired) electrons. The molecule has 1 unspecified atom stereocenters. The van der Waals surface area contributed by atoms with E-state index in [1.165, 1.54) is 30.6 Å². The van der Waals surface area contributed by atoms with Crippen LogP contribution in [-0.4, -0.2) is 13.0 Å². The van der Waals surface area contributed by atoms with Gasteiger partial charge in [-0.25, -0.2) is 0 Å². The molecule has 1 atom stereocenters. The molecular formula is C18H20BrNO2S. The fourth-order valence-electron chi connectivity index (χ4n) is 3.20. The second-order valence-electron chi connectivity index (χ2n) is 5.86. The first-order chi connectivity index (χ1) is 11.2. The van der Waals surface area contributed by atoms with Crippen LogP contribution in [-0.2, 0) is 0 Å². The van der Waals surface area contributed by atoms with Gasteiger partial charge in [0.1, 0.15) is 5.75 Å². The zero-order chi connectivity index (χ0) is 16.2. The standard InChI is InChI=1S/C18H20BrNO2S/c1-22-13-8-9-15(19)14(11-13)18(21)20-17(12-5-2-3-6-12)16-7-4-10-23-16/h4,7-12,17H,2-3,5-6H2,1H3,(H,20,21). The summed E-state index contributed by atoms with van der Waals surface area (Å²) >= 11 is 5.18.